The number of sulfonamides is 2. The number of nitrogens with zero attached hydrogens (tertiary/aromatic N) is 2. The highest BCUT2D eigenvalue weighted by Crippen LogP contribution is 2.65. The highest BCUT2D eigenvalue weighted by molar-refractivity contribution is 7.89. The average molecular weight is 513 g/mol. The van der Waals surface area contributed by atoms with Gasteiger partial charge in [-0.1, -0.05) is 27.7 Å². The third-order valence-corrected chi connectivity index (χ3v) is 13.7. The summed E-state index contributed by atoms with van der Waals surface area (Å²) in [6.45, 7) is 9.92. The molecule has 2 spiro atoms. The fraction of sp³-hybridized carbons (Fsp3) is 0.917. The van der Waals surface area contributed by atoms with Crippen molar-refractivity contribution in [3.63, 3.8) is 0 Å². The first-order valence-electron chi connectivity index (χ1n) is 12.8. The molecular formula is C24H40N4O4S2. The van der Waals surface area contributed by atoms with E-state index >= 15 is 0 Å². The van der Waals surface area contributed by atoms with Crippen LogP contribution in [0, 0.1) is 33.5 Å². The van der Waals surface area contributed by atoms with Crippen molar-refractivity contribution in [1.29, 1.82) is 0 Å². The number of hydrogen-bond acceptors (Lipinski definition) is 6. The fourth-order valence-corrected chi connectivity index (χ4v) is 11.9. The molecule has 0 amide bonds. The quantitative estimate of drug-likeness (QED) is 0.518. The number of hydrogen-bond donors (Lipinski definition) is 2. The zero-order valence-corrected chi connectivity index (χ0v) is 22.6. The van der Waals surface area contributed by atoms with Crippen LogP contribution in [0.1, 0.15) is 66.2 Å². The van der Waals surface area contributed by atoms with E-state index in [1.807, 2.05) is 0 Å². The third-order valence-electron chi connectivity index (χ3n) is 10.7. The number of fused-ring (bicyclic) bond motifs is 2. The topological polar surface area (TPSA) is 117 Å². The van der Waals surface area contributed by atoms with Crippen LogP contribution in [0.25, 0.3) is 0 Å². The van der Waals surface area contributed by atoms with Crippen LogP contribution in [0.3, 0.4) is 0 Å². The summed E-state index contributed by atoms with van der Waals surface area (Å²) < 4.78 is 57.8. The van der Waals surface area contributed by atoms with E-state index in [1.54, 1.807) is 0 Å². The van der Waals surface area contributed by atoms with Gasteiger partial charge in [-0.3, -0.25) is 9.98 Å². The Labute approximate surface area is 205 Å². The summed E-state index contributed by atoms with van der Waals surface area (Å²) in [7, 11) is -7.18. The van der Waals surface area contributed by atoms with Crippen molar-refractivity contribution in [2.45, 2.75) is 66.2 Å². The number of nitrogens with one attached hydrogen (secondary N) is 2. The summed E-state index contributed by atoms with van der Waals surface area (Å²) in [5.74, 6) is 0.943. The molecule has 2 N–H and O–H groups in total. The first-order chi connectivity index (χ1) is 15.7. The Morgan fingerprint density at radius 2 is 1.09 bits per heavy atom. The van der Waals surface area contributed by atoms with Crippen molar-refractivity contribution in [1.82, 2.24) is 9.44 Å². The van der Waals surface area contributed by atoms with E-state index < -0.39 is 30.9 Å². The molecule has 8 nitrogen and oxygen atoms in total. The lowest BCUT2D eigenvalue weighted by Gasteiger charge is -2.38. The van der Waals surface area contributed by atoms with Crippen molar-refractivity contribution < 1.29 is 16.8 Å². The lowest BCUT2D eigenvalue weighted by molar-refractivity contribution is 0.195. The van der Waals surface area contributed by atoms with Gasteiger partial charge in [0, 0.05) is 35.3 Å². The summed E-state index contributed by atoms with van der Waals surface area (Å²) in [6.07, 6.45) is 5.48. The smallest absolute Gasteiger partial charge is 0.212 e. The van der Waals surface area contributed by atoms with Crippen LogP contribution in [-0.4, -0.2) is 65.9 Å². The van der Waals surface area contributed by atoms with Crippen molar-refractivity contribution in [2.75, 3.05) is 37.7 Å². The highest BCUT2D eigenvalue weighted by Gasteiger charge is 2.65. The molecule has 0 aromatic heterocycles. The molecule has 10 heteroatoms. The van der Waals surface area contributed by atoms with Crippen LogP contribution >= 0.6 is 0 Å². The molecule has 0 radical (unpaired) electrons. The normalized spacial score (nSPS) is 42.5. The maximum absolute atomic E-state index is 13.1. The molecule has 5 rings (SSSR count). The van der Waals surface area contributed by atoms with Crippen LogP contribution in [0.2, 0.25) is 0 Å². The van der Waals surface area contributed by atoms with Gasteiger partial charge in [-0.15, -0.1) is 0 Å². The lowest BCUT2D eigenvalue weighted by Crippen LogP contribution is -2.48. The minimum absolute atomic E-state index is 0.0165. The number of rotatable bonds is 0. The average Bonchev–Trinajstić information content (AvgIpc) is 3.26. The largest absolute Gasteiger partial charge is 0.292 e. The van der Waals surface area contributed by atoms with Crippen LogP contribution in [0.15, 0.2) is 9.98 Å². The van der Waals surface area contributed by atoms with Crippen LogP contribution in [0.4, 0.5) is 0 Å². The zero-order chi connectivity index (χ0) is 24.6. The molecule has 0 aromatic rings. The highest BCUT2D eigenvalue weighted by atomic mass is 32.2. The van der Waals surface area contributed by atoms with Gasteiger partial charge in [-0.25, -0.2) is 26.3 Å². The van der Waals surface area contributed by atoms with Gasteiger partial charge in [0.2, 0.25) is 20.0 Å². The molecule has 0 unspecified atom stereocenters. The summed E-state index contributed by atoms with van der Waals surface area (Å²) in [5, 5.41) is 0. The summed E-state index contributed by atoms with van der Waals surface area (Å²) in [6, 6.07) is 0. The first-order valence-corrected chi connectivity index (χ1v) is 16.1. The van der Waals surface area contributed by atoms with E-state index in [0.29, 0.717) is 24.9 Å². The van der Waals surface area contributed by atoms with E-state index in [2.05, 4.69) is 37.1 Å². The second-order valence-electron chi connectivity index (χ2n) is 12.5. The molecule has 4 atom stereocenters. The molecule has 4 fully saturated rings. The second kappa shape index (κ2) is 7.83. The fourth-order valence-electron chi connectivity index (χ4n) is 8.24. The molecule has 0 saturated heterocycles. The summed E-state index contributed by atoms with van der Waals surface area (Å²) in [5.41, 5.74) is 0.937. The van der Waals surface area contributed by atoms with Gasteiger partial charge in [0.05, 0.1) is 24.6 Å². The Balaban J connectivity index is 1.50. The molecule has 5 aliphatic rings. The molecule has 0 aromatic carbocycles. The maximum atomic E-state index is 13.1. The third kappa shape index (κ3) is 3.57. The summed E-state index contributed by atoms with van der Waals surface area (Å²) in [4.78, 5) is 9.95. The predicted octanol–water partition coefficient (Wildman–Crippen LogP) is 2.37. The Bertz CT molecular complexity index is 1050. The molecule has 192 valence electrons. The number of aliphatic imine (C=N–C) groups is 2. The molecule has 4 aliphatic carbocycles. The van der Waals surface area contributed by atoms with Crippen molar-refractivity contribution >= 4 is 31.5 Å². The SMILES string of the molecule is CC1(C)[C@H]2CC[C@@]13CS(=O)(=O)NCCNS(=O)(=O)C[C@@]14CC[C@@H](CC1=NCCN=C3C2)C4(C)C. The van der Waals surface area contributed by atoms with E-state index in [1.165, 1.54) is 0 Å². The predicted molar refractivity (Wildman–Crippen MR) is 135 cm³/mol. The van der Waals surface area contributed by atoms with E-state index in [4.69, 9.17) is 9.98 Å². The Morgan fingerprint density at radius 3 is 1.44 bits per heavy atom. The molecule has 4 bridgehead atoms. The molecule has 4 saturated carbocycles. The van der Waals surface area contributed by atoms with Gasteiger partial charge in [-0.05, 0) is 61.2 Å². The van der Waals surface area contributed by atoms with Gasteiger partial charge >= 0.3 is 0 Å². The molecule has 1 heterocycles. The van der Waals surface area contributed by atoms with E-state index in [0.717, 1.165) is 49.9 Å². The minimum Gasteiger partial charge on any atom is -0.292 e. The first kappa shape index (κ1) is 24.8. The molecule has 34 heavy (non-hydrogen) atoms. The minimum atomic E-state index is -3.59. The van der Waals surface area contributed by atoms with E-state index in [-0.39, 0.29) is 35.4 Å². The Morgan fingerprint density at radius 1 is 0.706 bits per heavy atom. The van der Waals surface area contributed by atoms with Gasteiger partial charge < -0.3 is 0 Å². The van der Waals surface area contributed by atoms with Gasteiger partial charge in [0.25, 0.3) is 0 Å². The zero-order valence-electron chi connectivity index (χ0n) is 21.0. The Kier molecular flexibility index (Phi) is 5.72. The lowest BCUT2D eigenvalue weighted by atomic mass is 9.70. The van der Waals surface area contributed by atoms with Gasteiger partial charge in [0.1, 0.15) is 0 Å². The molecule has 1 aliphatic heterocycles. The Hall–Kier alpha value is -0.840. The van der Waals surface area contributed by atoms with Crippen LogP contribution in [-0.2, 0) is 20.0 Å². The van der Waals surface area contributed by atoms with Gasteiger partial charge in [0.15, 0.2) is 0 Å². The van der Waals surface area contributed by atoms with Crippen LogP contribution < -0.4 is 9.44 Å². The summed E-state index contributed by atoms with van der Waals surface area (Å²) >= 11 is 0. The van der Waals surface area contributed by atoms with Crippen LogP contribution in [0.5, 0.6) is 0 Å². The van der Waals surface area contributed by atoms with Crippen molar-refractivity contribution in [3.8, 4) is 0 Å². The monoisotopic (exact) mass is 512 g/mol. The van der Waals surface area contributed by atoms with E-state index in [9.17, 15) is 16.8 Å². The standard InChI is InChI=1S/C24H40N4O4S2/c1-21(2)17-5-7-23(21)15-33(29,30)27-11-12-28-34(31,32)16-24-8-6-18(22(24,3)4)14-20(24)26-10-9-25-19(23)13-17/h17-18,27-28H,5-16H2,1-4H3/t17-,18-,23-,24-/m0/s1. The second-order valence-corrected chi connectivity index (χ2v) is 16.1. The van der Waals surface area contributed by atoms with Crippen molar-refractivity contribution in [2.24, 2.45) is 43.5 Å². The van der Waals surface area contributed by atoms with Gasteiger partial charge in [-0.2, -0.15) is 0 Å². The van der Waals surface area contributed by atoms with Crippen molar-refractivity contribution in [3.05, 3.63) is 0 Å². The molecular weight excluding hydrogens is 472 g/mol. The maximum Gasteiger partial charge on any atom is 0.212 e.